The maximum absolute atomic E-state index is 11.9. The average molecular weight is 313 g/mol. The zero-order valence-electron chi connectivity index (χ0n) is 8.52. The van der Waals surface area contributed by atoms with E-state index in [9.17, 15) is 4.79 Å². The van der Waals surface area contributed by atoms with Crippen molar-refractivity contribution in [3.8, 4) is 0 Å². The monoisotopic (exact) mass is 311 g/mol. The minimum absolute atomic E-state index is 0.304. The van der Waals surface area contributed by atoms with Crippen molar-refractivity contribution in [3.63, 3.8) is 0 Å². The molecule has 0 aliphatic rings. The molecule has 6 heteroatoms. The summed E-state index contributed by atoms with van der Waals surface area (Å²) < 4.78 is 0.638. The van der Waals surface area contributed by atoms with Crippen molar-refractivity contribution in [1.29, 1.82) is 0 Å². The van der Waals surface area contributed by atoms with Crippen molar-refractivity contribution in [3.05, 3.63) is 52.0 Å². The Hall–Kier alpha value is -1.46. The lowest BCUT2D eigenvalue weighted by atomic mass is 10.3. The first-order chi connectivity index (χ1) is 8.16. The van der Waals surface area contributed by atoms with Crippen LogP contribution in [-0.4, -0.2) is 15.9 Å². The second-order valence-electron chi connectivity index (χ2n) is 3.16. The number of carbonyl (C=O) groups is 1. The molecule has 0 atom stereocenters. The van der Waals surface area contributed by atoms with Crippen LogP contribution in [-0.2, 0) is 0 Å². The molecule has 0 saturated heterocycles. The molecule has 2 aromatic heterocycles. The fraction of sp³-hybridized carbons (Fsp3) is 0. The molecule has 0 saturated carbocycles. The molecular formula is C11H7BrClN3O. The van der Waals surface area contributed by atoms with Crippen molar-refractivity contribution in [1.82, 2.24) is 9.97 Å². The summed E-state index contributed by atoms with van der Waals surface area (Å²) in [5.74, 6) is -0.304. The number of hydrogen-bond donors (Lipinski definition) is 1. The van der Waals surface area contributed by atoms with Crippen LogP contribution in [0.5, 0.6) is 0 Å². The van der Waals surface area contributed by atoms with Crippen molar-refractivity contribution in [2.24, 2.45) is 0 Å². The second kappa shape index (κ2) is 5.25. The first kappa shape index (κ1) is 12.0. The largest absolute Gasteiger partial charge is 0.319 e. The highest BCUT2D eigenvalue weighted by atomic mass is 79.9. The van der Waals surface area contributed by atoms with Crippen molar-refractivity contribution < 1.29 is 4.79 Å². The van der Waals surface area contributed by atoms with Crippen molar-refractivity contribution in [2.75, 3.05) is 5.32 Å². The summed E-state index contributed by atoms with van der Waals surface area (Å²) in [4.78, 5) is 19.7. The molecule has 0 aliphatic heterocycles. The van der Waals surface area contributed by atoms with Crippen LogP contribution in [0.1, 0.15) is 10.5 Å². The molecule has 17 heavy (non-hydrogen) atoms. The van der Waals surface area contributed by atoms with Gasteiger partial charge in [-0.15, -0.1) is 0 Å². The van der Waals surface area contributed by atoms with E-state index in [0.29, 0.717) is 21.0 Å². The van der Waals surface area contributed by atoms with Gasteiger partial charge >= 0.3 is 0 Å². The normalized spacial score (nSPS) is 10.0. The Balaban J connectivity index is 2.17. The number of amides is 1. The lowest BCUT2D eigenvalue weighted by molar-refractivity contribution is 0.102. The molecular weight excluding hydrogens is 305 g/mol. The van der Waals surface area contributed by atoms with Gasteiger partial charge in [0.1, 0.15) is 10.8 Å². The molecule has 0 spiro atoms. The lowest BCUT2D eigenvalue weighted by Gasteiger charge is -2.05. The minimum atomic E-state index is -0.304. The van der Waals surface area contributed by atoms with Gasteiger partial charge in [0, 0.05) is 10.7 Å². The Morgan fingerprint density at radius 2 is 2.12 bits per heavy atom. The van der Waals surface area contributed by atoms with Gasteiger partial charge in [-0.1, -0.05) is 11.6 Å². The van der Waals surface area contributed by atoms with E-state index < -0.39 is 0 Å². The van der Waals surface area contributed by atoms with Gasteiger partial charge in [-0.25, -0.2) is 9.97 Å². The predicted octanol–water partition coefficient (Wildman–Crippen LogP) is 3.14. The van der Waals surface area contributed by atoms with Gasteiger partial charge in [0.15, 0.2) is 0 Å². The van der Waals surface area contributed by atoms with Gasteiger partial charge in [-0.05, 0) is 40.2 Å². The van der Waals surface area contributed by atoms with Gasteiger partial charge < -0.3 is 5.32 Å². The number of rotatable bonds is 2. The topological polar surface area (TPSA) is 54.9 Å². The van der Waals surface area contributed by atoms with E-state index in [1.54, 1.807) is 30.5 Å². The molecule has 2 rings (SSSR count). The number of nitrogens with zero attached hydrogens (tertiary/aromatic N) is 2. The molecule has 2 heterocycles. The minimum Gasteiger partial charge on any atom is -0.319 e. The summed E-state index contributed by atoms with van der Waals surface area (Å²) in [6.07, 6.45) is 3.04. The molecule has 0 fully saturated rings. The fourth-order valence-electron chi connectivity index (χ4n) is 1.19. The molecule has 0 aliphatic carbocycles. The third-order valence-electron chi connectivity index (χ3n) is 1.96. The molecule has 1 N–H and O–H groups in total. The highest BCUT2D eigenvalue weighted by Crippen LogP contribution is 2.16. The average Bonchev–Trinajstić information content (AvgIpc) is 2.32. The van der Waals surface area contributed by atoms with E-state index in [1.165, 1.54) is 6.20 Å². The van der Waals surface area contributed by atoms with Gasteiger partial charge in [-0.3, -0.25) is 4.79 Å². The molecule has 86 valence electrons. The molecule has 0 aromatic carbocycles. The first-order valence-electron chi connectivity index (χ1n) is 4.70. The third kappa shape index (κ3) is 3.01. The quantitative estimate of drug-likeness (QED) is 0.867. The molecule has 4 nitrogen and oxygen atoms in total. The van der Waals surface area contributed by atoms with Gasteiger partial charge in [0.05, 0.1) is 11.9 Å². The molecule has 2 aromatic rings. The summed E-state index contributed by atoms with van der Waals surface area (Å²) in [6, 6.07) is 6.77. The maximum Gasteiger partial charge on any atom is 0.275 e. The number of pyridine rings is 2. The predicted molar refractivity (Wildman–Crippen MR) is 69.1 cm³/mol. The van der Waals surface area contributed by atoms with Crippen LogP contribution in [0, 0.1) is 0 Å². The number of carbonyl (C=O) groups excluding carboxylic acids is 1. The molecule has 0 radical (unpaired) electrons. The molecule has 0 unspecified atom stereocenters. The van der Waals surface area contributed by atoms with Gasteiger partial charge in [-0.2, -0.15) is 0 Å². The van der Waals surface area contributed by atoms with Crippen molar-refractivity contribution in [2.45, 2.75) is 0 Å². The molecule has 0 bridgehead atoms. The molecule has 1 amide bonds. The summed E-state index contributed by atoms with van der Waals surface area (Å²) in [5.41, 5.74) is 0.888. The van der Waals surface area contributed by atoms with E-state index in [2.05, 4.69) is 31.2 Å². The number of nitrogens with one attached hydrogen (secondary N) is 1. The van der Waals surface area contributed by atoms with E-state index in [1.807, 2.05) is 0 Å². The summed E-state index contributed by atoms with van der Waals surface area (Å²) >= 11 is 8.91. The highest BCUT2D eigenvalue weighted by molar-refractivity contribution is 9.10. The number of aromatic nitrogens is 2. The standard InChI is InChI=1S/C11H7BrClN3O/c12-8-2-1-5-14-10(8)11(17)16-7-3-4-9(13)15-6-7/h1-6H,(H,16,17). The van der Waals surface area contributed by atoms with Crippen LogP contribution in [0.15, 0.2) is 41.1 Å². The zero-order chi connectivity index (χ0) is 12.3. The second-order valence-corrected chi connectivity index (χ2v) is 4.40. The highest BCUT2D eigenvalue weighted by Gasteiger charge is 2.11. The summed E-state index contributed by atoms with van der Waals surface area (Å²) in [5, 5.41) is 3.05. The Kier molecular flexibility index (Phi) is 3.71. The smallest absolute Gasteiger partial charge is 0.275 e. The van der Waals surface area contributed by atoms with Gasteiger partial charge in [0.2, 0.25) is 0 Å². The SMILES string of the molecule is O=C(Nc1ccc(Cl)nc1)c1ncccc1Br. The number of halogens is 2. The maximum atomic E-state index is 11.9. The van der Waals surface area contributed by atoms with Crippen LogP contribution in [0.3, 0.4) is 0 Å². The summed E-state index contributed by atoms with van der Waals surface area (Å²) in [6.45, 7) is 0. The number of anilines is 1. The Bertz CT molecular complexity index is 545. The summed E-state index contributed by atoms with van der Waals surface area (Å²) in [7, 11) is 0. The van der Waals surface area contributed by atoms with E-state index in [4.69, 9.17) is 11.6 Å². The van der Waals surface area contributed by atoms with Crippen LogP contribution in [0.2, 0.25) is 5.15 Å². The zero-order valence-corrected chi connectivity index (χ0v) is 10.9. The van der Waals surface area contributed by atoms with Crippen LogP contribution in [0.25, 0.3) is 0 Å². The van der Waals surface area contributed by atoms with Gasteiger partial charge in [0.25, 0.3) is 5.91 Å². The lowest BCUT2D eigenvalue weighted by Crippen LogP contribution is -2.14. The number of hydrogen-bond acceptors (Lipinski definition) is 3. The van der Waals surface area contributed by atoms with E-state index in [-0.39, 0.29) is 5.91 Å². The third-order valence-corrected chi connectivity index (χ3v) is 2.82. The first-order valence-corrected chi connectivity index (χ1v) is 5.87. The van der Waals surface area contributed by atoms with Crippen LogP contribution >= 0.6 is 27.5 Å². The van der Waals surface area contributed by atoms with Crippen molar-refractivity contribution >= 4 is 39.1 Å². The Morgan fingerprint density at radius 1 is 1.29 bits per heavy atom. The van der Waals surface area contributed by atoms with E-state index in [0.717, 1.165) is 0 Å². The Morgan fingerprint density at radius 3 is 2.76 bits per heavy atom. The van der Waals surface area contributed by atoms with E-state index >= 15 is 0 Å². The Labute approximate surface area is 111 Å². The van der Waals surface area contributed by atoms with Crippen LogP contribution in [0.4, 0.5) is 5.69 Å². The van der Waals surface area contributed by atoms with Crippen LogP contribution < -0.4 is 5.32 Å². The fourth-order valence-corrected chi connectivity index (χ4v) is 1.74.